The van der Waals surface area contributed by atoms with E-state index in [9.17, 15) is 4.79 Å². The molecule has 0 aliphatic heterocycles. The molecule has 3 nitrogen and oxygen atoms in total. The van der Waals surface area contributed by atoms with Crippen LogP contribution in [0.4, 0.5) is 0 Å². The fourth-order valence-electron chi connectivity index (χ4n) is 2.26. The minimum Gasteiger partial charge on any atom is -0.477 e. The van der Waals surface area contributed by atoms with Gasteiger partial charge in [-0.3, -0.25) is 0 Å². The molecule has 0 aromatic carbocycles. The summed E-state index contributed by atoms with van der Waals surface area (Å²) in [5.74, 6) is -0.168. The highest BCUT2D eigenvalue weighted by Gasteiger charge is 2.21. The molecule has 1 saturated carbocycles. The highest BCUT2D eigenvalue weighted by atomic mass is 32.1. The van der Waals surface area contributed by atoms with Gasteiger partial charge in [-0.2, -0.15) is 0 Å². The van der Waals surface area contributed by atoms with E-state index < -0.39 is 5.97 Å². The summed E-state index contributed by atoms with van der Waals surface area (Å²) in [4.78, 5) is 15.8. The largest absolute Gasteiger partial charge is 0.477 e. The van der Waals surface area contributed by atoms with E-state index in [4.69, 9.17) is 5.11 Å². The molecule has 17 heavy (non-hydrogen) atoms. The van der Waals surface area contributed by atoms with Gasteiger partial charge in [0.15, 0.2) is 0 Å². The van der Waals surface area contributed by atoms with Gasteiger partial charge >= 0.3 is 5.97 Å². The lowest BCUT2D eigenvalue weighted by Gasteiger charge is -2.06. The Balaban J connectivity index is 0.000000686. The third-order valence-electron chi connectivity index (χ3n) is 2.96. The van der Waals surface area contributed by atoms with Crippen LogP contribution < -0.4 is 0 Å². The number of carboxylic acids is 1. The van der Waals surface area contributed by atoms with E-state index in [-0.39, 0.29) is 0 Å². The number of carboxylic acid groups (broad SMARTS) is 1. The van der Waals surface area contributed by atoms with Crippen molar-refractivity contribution < 1.29 is 9.90 Å². The van der Waals surface area contributed by atoms with Gasteiger partial charge in [0.2, 0.25) is 0 Å². The van der Waals surface area contributed by atoms with Gasteiger partial charge in [-0.1, -0.05) is 39.5 Å². The van der Waals surface area contributed by atoms with Crippen LogP contribution in [0.1, 0.15) is 59.9 Å². The monoisotopic (exact) mass is 255 g/mol. The number of hydrogen-bond donors (Lipinski definition) is 1. The Morgan fingerprint density at radius 3 is 2.53 bits per heavy atom. The van der Waals surface area contributed by atoms with E-state index in [1.165, 1.54) is 37.0 Å². The topological polar surface area (TPSA) is 50.2 Å². The summed E-state index contributed by atoms with van der Waals surface area (Å²) in [6.45, 7) is 5.87. The van der Waals surface area contributed by atoms with E-state index in [0.29, 0.717) is 10.8 Å². The van der Waals surface area contributed by atoms with Crippen LogP contribution in [0.25, 0.3) is 0 Å². The summed E-state index contributed by atoms with van der Waals surface area (Å²) >= 11 is 1.30. The first-order valence-electron chi connectivity index (χ1n) is 6.36. The van der Waals surface area contributed by atoms with Crippen LogP contribution >= 0.6 is 11.3 Å². The molecule has 4 heteroatoms. The van der Waals surface area contributed by atoms with Crippen molar-refractivity contribution in [3.63, 3.8) is 0 Å². The highest BCUT2D eigenvalue weighted by molar-refractivity contribution is 7.13. The maximum Gasteiger partial charge on any atom is 0.347 e. The Morgan fingerprint density at radius 1 is 1.41 bits per heavy atom. The molecule has 1 aliphatic carbocycles. The number of carbonyl (C=O) groups is 1. The Kier molecular flexibility index (Phi) is 5.62. The second-order valence-corrected chi connectivity index (χ2v) is 5.37. The zero-order valence-electron chi connectivity index (χ0n) is 10.8. The fourth-order valence-corrected chi connectivity index (χ4v) is 3.05. The summed E-state index contributed by atoms with van der Waals surface area (Å²) in [7, 11) is 0. The molecule has 0 spiro atoms. The number of nitrogens with zero attached hydrogens (tertiary/aromatic N) is 1. The zero-order valence-corrected chi connectivity index (χ0v) is 11.6. The predicted molar refractivity (Wildman–Crippen MR) is 70.8 cm³/mol. The molecule has 1 N–H and O–H groups in total. The van der Waals surface area contributed by atoms with Gasteiger partial charge in [0.1, 0.15) is 4.88 Å². The van der Waals surface area contributed by atoms with Crippen molar-refractivity contribution in [1.82, 2.24) is 4.98 Å². The molecule has 0 radical (unpaired) electrons. The first-order valence-corrected chi connectivity index (χ1v) is 7.18. The number of hydrogen-bond acceptors (Lipinski definition) is 3. The summed E-state index contributed by atoms with van der Waals surface area (Å²) in [5, 5.41) is 9.88. The van der Waals surface area contributed by atoms with Crippen LogP contribution in [0.3, 0.4) is 0 Å². The minimum absolute atomic E-state index is 0.444. The molecular formula is C13H21NO2S. The standard InChI is InChI=1S/C11H15NO2S.C2H6/c1-7-12-9(10(15-7)11(13)14)6-8-4-2-3-5-8;1-2/h8H,2-6H2,1H3,(H,13,14);1-2H3. The van der Waals surface area contributed by atoms with Crippen LogP contribution in [-0.4, -0.2) is 16.1 Å². The lowest BCUT2D eigenvalue weighted by Crippen LogP contribution is -2.04. The maximum atomic E-state index is 11.0. The average Bonchev–Trinajstić information content (AvgIpc) is 2.91. The fraction of sp³-hybridized carbons (Fsp3) is 0.692. The lowest BCUT2D eigenvalue weighted by molar-refractivity contribution is 0.0700. The molecule has 1 aromatic rings. The molecule has 0 unspecified atom stereocenters. The smallest absolute Gasteiger partial charge is 0.347 e. The molecule has 0 atom stereocenters. The molecule has 1 fully saturated rings. The predicted octanol–water partition coefficient (Wildman–Crippen LogP) is 3.91. The van der Waals surface area contributed by atoms with Crippen LogP contribution in [0.2, 0.25) is 0 Å². The van der Waals surface area contributed by atoms with E-state index in [1.54, 1.807) is 0 Å². The van der Waals surface area contributed by atoms with Crippen LogP contribution in [0, 0.1) is 12.8 Å². The van der Waals surface area contributed by atoms with Crippen LogP contribution in [0.5, 0.6) is 0 Å². The van der Waals surface area contributed by atoms with Crippen molar-refractivity contribution in [2.24, 2.45) is 5.92 Å². The Bertz CT molecular complexity index is 367. The van der Waals surface area contributed by atoms with Gasteiger partial charge in [0, 0.05) is 0 Å². The minimum atomic E-state index is -0.825. The van der Waals surface area contributed by atoms with E-state index in [0.717, 1.165) is 17.1 Å². The number of rotatable bonds is 3. The van der Waals surface area contributed by atoms with Gasteiger partial charge in [-0.15, -0.1) is 11.3 Å². The van der Waals surface area contributed by atoms with Crippen molar-refractivity contribution in [3.8, 4) is 0 Å². The summed E-state index contributed by atoms with van der Waals surface area (Å²) in [6, 6.07) is 0. The van der Waals surface area contributed by atoms with Crippen molar-refractivity contribution >= 4 is 17.3 Å². The first-order chi connectivity index (χ1) is 8.16. The SMILES string of the molecule is CC.Cc1nc(CC2CCCC2)c(C(=O)O)s1. The second-order valence-electron chi connectivity index (χ2n) is 4.17. The zero-order chi connectivity index (χ0) is 12.8. The third-order valence-corrected chi connectivity index (χ3v) is 3.96. The van der Waals surface area contributed by atoms with Crippen molar-refractivity contribution in [3.05, 3.63) is 15.6 Å². The van der Waals surface area contributed by atoms with Gasteiger partial charge in [0.05, 0.1) is 10.7 Å². The molecule has 1 aliphatic rings. The van der Waals surface area contributed by atoms with Crippen LogP contribution in [0.15, 0.2) is 0 Å². The number of aromatic nitrogens is 1. The summed E-state index contributed by atoms with van der Waals surface area (Å²) in [5.41, 5.74) is 0.803. The van der Waals surface area contributed by atoms with Gasteiger partial charge < -0.3 is 5.11 Å². The molecule has 0 saturated heterocycles. The summed E-state index contributed by atoms with van der Waals surface area (Å²) in [6.07, 6.45) is 5.89. The molecule has 0 bridgehead atoms. The Labute approximate surface area is 107 Å². The van der Waals surface area contributed by atoms with E-state index >= 15 is 0 Å². The van der Waals surface area contributed by atoms with E-state index in [2.05, 4.69) is 4.98 Å². The number of thiazole rings is 1. The third kappa shape index (κ3) is 3.80. The van der Waals surface area contributed by atoms with Crippen LogP contribution in [-0.2, 0) is 6.42 Å². The molecule has 96 valence electrons. The van der Waals surface area contributed by atoms with Crippen molar-refractivity contribution in [2.45, 2.75) is 52.9 Å². The molecule has 1 heterocycles. The van der Waals surface area contributed by atoms with Gasteiger partial charge in [-0.25, -0.2) is 9.78 Å². The molecule has 2 rings (SSSR count). The van der Waals surface area contributed by atoms with Gasteiger partial charge in [0.25, 0.3) is 0 Å². The molecule has 0 amide bonds. The quantitative estimate of drug-likeness (QED) is 0.891. The average molecular weight is 255 g/mol. The second kappa shape index (κ2) is 6.74. The normalized spacial score (nSPS) is 15.5. The lowest BCUT2D eigenvalue weighted by atomic mass is 10.0. The highest BCUT2D eigenvalue weighted by Crippen LogP contribution is 2.30. The Morgan fingerprint density at radius 2 is 2.00 bits per heavy atom. The maximum absolute atomic E-state index is 11.0. The number of aryl methyl sites for hydroxylation is 1. The van der Waals surface area contributed by atoms with Crippen molar-refractivity contribution in [1.29, 1.82) is 0 Å². The summed E-state index contributed by atoms with van der Waals surface area (Å²) < 4.78 is 0. The number of aromatic carboxylic acids is 1. The Hall–Kier alpha value is -0.900. The van der Waals surface area contributed by atoms with E-state index in [1.807, 2.05) is 20.8 Å². The van der Waals surface area contributed by atoms with Crippen molar-refractivity contribution in [2.75, 3.05) is 0 Å². The molecule has 1 aromatic heterocycles. The first kappa shape index (κ1) is 14.2. The van der Waals surface area contributed by atoms with Gasteiger partial charge in [-0.05, 0) is 19.3 Å². The molecular weight excluding hydrogens is 234 g/mol.